The van der Waals surface area contributed by atoms with Gasteiger partial charge in [0, 0.05) is 30.7 Å². The predicted molar refractivity (Wildman–Crippen MR) is 110 cm³/mol. The maximum Gasteiger partial charge on any atom is 0.229 e. The van der Waals surface area contributed by atoms with Gasteiger partial charge in [0.25, 0.3) is 0 Å². The number of nitrogens with zero attached hydrogens (tertiary/aromatic N) is 3. The van der Waals surface area contributed by atoms with Crippen molar-refractivity contribution in [3.8, 4) is 0 Å². The SMILES string of the molecule is CCN(CC)c1ccc(Nc2ccnc(Nc3ccccc3F)n2)c(C)c1. The van der Waals surface area contributed by atoms with Crippen LogP contribution in [-0.4, -0.2) is 23.1 Å². The zero-order valence-corrected chi connectivity index (χ0v) is 15.8. The third-order valence-corrected chi connectivity index (χ3v) is 4.38. The Labute approximate surface area is 159 Å². The lowest BCUT2D eigenvalue weighted by Gasteiger charge is -2.22. The molecule has 0 unspecified atom stereocenters. The van der Waals surface area contributed by atoms with E-state index >= 15 is 0 Å². The fourth-order valence-corrected chi connectivity index (χ4v) is 2.88. The zero-order chi connectivity index (χ0) is 19.2. The Balaban J connectivity index is 1.77. The molecule has 0 saturated carbocycles. The molecule has 0 saturated heterocycles. The molecule has 3 aromatic rings. The normalized spacial score (nSPS) is 10.5. The van der Waals surface area contributed by atoms with E-state index in [0.29, 0.717) is 17.5 Å². The average molecular weight is 365 g/mol. The number of rotatable bonds is 7. The number of aromatic nitrogens is 2. The predicted octanol–water partition coefficient (Wildman–Crippen LogP) is 5.26. The molecule has 1 heterocycles. The first-order valence-corrected chi connectivity index (χ1v) is 9.08. The van der Waals surface area contributed by atoms with Crippen LogP contribution < -0.4 is 15.5 Å². The van der Waals surface area contributed by atoms with Crippen molar-refractivity contribution in [2.45, 2.75) is 20.8 Å². The van der Waals surface area contributed by atoms with Gasteiger partial charge in [0.2, 0.25) is 5.95 Å². The lowest BCUT2D eigenvalue weighted by molar-refractivity contribution is 0.631. The van der Waals surface area contributed by atoms with Crippen LogP contribution in [0.4, 0.5) is 33.2 Å². The molecule has 6 heteroatoms. The van der Waals surface area contributed by atoms with Crippen LogP contribution in [0.3, 0.4) is 0 Å². The van der Waals surface area contributed by atoms with E-state index < -0.39 is 0 Å². The molecular formula is C21H24FN5. The quantitative estimate of drug-likeness (QED) is 0.598. The van der Waals surface area contributed by atoms with E-state index in [4.69, 9.17) is 0 Å². The highest BCUT2D eigenvalue weighted by molar-refractivity contribution is 5.66. The highest BCUT2D eigenvalue weighted by Crippen LogP contribution is 2.25. The Morgan fingerprint density at radius 1 is 0.963 bits per heavy atom. The fourth-order valence-electron chi connectivity index (χ4n) is 2.88. The largest absolute Gasteiger partial charge is 0.372 e. The van der Waals surface area contributed by atoms with Gasteiger partial charge in [-0.3, -0.25) is 0 Å². The first-order valence-electron chi connectivity index (χ1n) is 9.08. The summed E-state index contributed by atoms with van der Waals surface area (Å²) in [7, 11) is 0. The minimum atomic E-state index is -0.345. The van der Waals surface area contributed by atoms with Gasteiger partial charge in [0.05, 0.1) is 5.69 Å². The number of para-hydroxylation sites is 1. The second-order valence-corrected chi connectivity index (χ2v) is 6.17. The van der Waals surface area contributed by atoms with E-state index in [1.807, 2.05) is 0 Å². The van der Waals surface area contributed by atoms with E-state index in [1.165, 1.54) is 11.8 Å². The van der Waals surface area contributed by atoms with Crippen LogP contribution in [0.1, 0.15) is 19.4 Å². The van der Waals surface area contributed by atoms with Crippen molar-refractivity contribution in [2.75, 3.05) is 28.6 Å². The van der Waals surface area contributed by atoms with E-state index in [-0.39, 0.29) is 5.82 Å². The Kier molecular flexibility index (Phi) is 5.86. The summed E-state index contributed by atoms with van der Waals surface area (Å²) in [6.45, 7) is 8.31. The summed E-state index contributed by atoms with van der Waals surface area (Å²) in [5.41, 5.74) is 3.64. The van der Waals surface area contributed by atoms with Crippen molar-refractivity contribution in [1.29, 1.82) is 0 Å². The van der Waals surface area contributed by atoms with Crippen LogP contribution in [0.2, 0.25) is 0 Å². The summed E-state index contributed by atoms with van der Waals surface area (Å²) >= 11 is 0. The Bertz CT molecular complexity index is 909. The van der Waals surface area contributed by atoms with Gasteiger partial charge in [-0.15, -0.1) is 0 Å². The number of aryl methyl sites for hydroxylation is 1. The number of hydrogen-bond donors (Lipinski definition) is 2. The number of hydrogen-bond acceptors (Lipinski definition) is 5. The van der Waals surface area contributed by atoms with Crippen molar-refractivity contribution in [3.63, 3.8) is 0 Å². The molecule has 2 aromatic carbocycles. The van der Waals surface area contributed by atoms with Crippen LogP contribution in [0, 0.1) is 12.7 Å². The second-order valence-electron chi connectivity index (χ2n) is 6.17. The third-order valence-electron chi connectivity index (χ3n) is 4.38. The maximum absolute atomic E-state index is 13.8. The topological polar surface area (TPSA) is 53.1 Å². The lowest BCUT2D eigenvalue weighted by atomic mass is 10.1. The van der Waals surface area contributed by atoms with Gasteiger partial charge in [0.15, 0.2) is 0 Å². The molecule has 0 aliphatic rings. The highest BCUT2D eigenvalue weighted by Gasteiger charge is 2.07. The molecule has 0 spiro atoms. The molecule has 2 N–H and O–H groups in total. The minimum absolute atomic E-state index is 0.336. The van der Waals surface area contributed by atoms with E-state index in [2.05, 4.69) is 64.5 Å². The fraction of sp³-hybridized carbons (Fsp3) is 0.238. The average Bonchev–Trinajstić information content (AvgIpc) is 2.67. The highest BCUT2D eigenvalue weighted by atomic mass is 19.1. The molecule has 0 fully saturated rings. The molecule has 0 aliphatic carbocycles. The first-order chi connectivity index (χ1) is 13.1. The van der Waals surface area contributed by atoms with Gasteiger partial charge in [-0.1, -0.05) is 12.1 Å². The number of anilines is 5. The van der Waals surface area contributed by atoms with Crippen LogP contribution >= 0.6 is 0 Å². The summed E-state index contributed by atoms with van der Waals surface area (Å²) < 4.78 is 13.8. The second kappa shape index (κ2) is 8.49. The van der Waals surface area contributed by atoms with Gasteiger partial charge in [0.1, 0.15) is 11.6 Å². The Hall–Kier alpha value is -3.15. The lowest BCUT2D eigenvalue weighted by Crippen LogP contribution is -2.21. The zero-order valence-electron chi connectivity index (χ0n) is 15.8. The van der Waals surface area contributed by atoms with Gasteiger partial charge in [-0.05, 0) is 62.7 Å². The summed E-state index contributed by atoms with van der Waals surface area (Å²) in [5.74, 6) is 0.632. The standard InChI is InChI=1S/C21H24FN5/c1-4-27(5-2)16-10-11-18(15(3)14-16)24-20-12-13-23-21(26-20)25-19-9-7-6-8-17(19)22/h6-14H,4-5H2,1-3H3,(H2,23,24,25,26). The van der Waals surface area contributed by atoms with Crippen molar-refractivity contribution in [2.24, 2.45) is 0 Å². The molecule has 0 amide bonds. The van der Waals surface area contributed by atoms with Gasteiger partial charge < -0.3 is 15.5 Å². The van der Waals surface area contributed by atoms with Crippen LogP contribution in [0.15, 0.2) is 54.7 Å². The molecule has 0 aliphatic heterocycles. The number of halogens is 1. The molecule has 1 aromatic heterocycles. The number of nitrogens with one attached hydrogen (secondary N) is 2. The van der Waals surface area contributed by atoms with Gasteiger partial charge >= 0.3 is 0 Å². The van der Waals surface area contributed by atoms with Crippen LogP contribution in [0.5, 0.6) is 0 Å². The van der Waals surface area contributed by atoms with Crippen LogP contribution in [0.25, 0.3) is 0 Å². The van der Waals surface area contributed by atoms with Gasteiger partial charge in [-0.2, -0.15) is 4.98 Å². The smallest absolute Gasteiger partial charge is 0.229 e. The van der Waals surface area contributed by atoms with E-state index in [9.17, 15) is 4.39 Å². The first kappa shape index (κ1) is 18.6. The summed E-state index contributed by atoms with van der Waals surface area (Å²) in [6, 6.07) is 14.5. The molecule has 0 bridgehead atoms. The summed E-state index contributed by atoms with van der Waals surface area (Å²) in [5, 5.41) is 6.22. The number of benzene rings is 2. The van der Waals surface area contributed by atoms with Crippen molar-refractivity contribution in [1.82, 2.24) is 9.97 Å². The van der Waals surface area contributed by atoms with E-state index in [0.717, 1.165) is 24.3 Å². The van der Waals surface area contributed by atoms with Crippen LogP contribution in [-0.2, 0) is 0 Å². The molecule has 0 radical (unpaired) electrons. The maximum atomic E-state index is 13.8. The molecule has 3 rings (SSSR count). The monoisotopic (exact) mass is 365 g/mol. The molecule has 5 nitrogen and oxygen atoms in total. The van der Waals surface area contributed by atoms with E-state index in [1.54, 1.807) is 30.5 Å². The molecule has 140 valence electrons. The van der Waals surface area contributed by atoms with Crippen molar-refractivity contribution in [3.05, 3.63) is 66.1 Å². The summed E-state index contributed by atoms with van der Waals surface area (Å²) in [6.07, 6.45) is 1.64. The minimum Gasteiger partial charge on any atom is -0.372 e. The summed E-state index contributed by atoms with van der Waals surface area (Å²) in [4.78, 5) is 10.9. The van der Waals surface area contributed by atoms with Gasteiger partial charge in [-0.25, -0.2) is 9.37 Å². The molecule has 0 atom stereocenters. The molecular weight excluding hydrogens is 341 g/mol. The third kappa shape index (κ3) is 4.53. The Morgan fingerprint density at radius 2 is 1.74 bits per heavy atom. The Morgan fingerprint density at radius 3 is 2.44 bits per heavy atom. The molecule has 27 heavy (non-hydrogen) atoms. The van der Waals surface area contributed by atoms with Crippen molar-refractivity contribution >= 4 is 28.8 Å². The van der Waals surface area contributed by atoms with Crippen molar-refractivity contribution < 1.29 is 4.39 Å².